The summed E-state index contributed by atoms with van der Waals surface area (Å²) in [6.45, 7) is 8.98. The Morgan fingerprint density at radius 2 is 1.63 bits per heavy atom. The monoisotopic (exact) mass is 582 g/mol. The van der Waals surface area contributed by atoms with Gasteiger partial charge in [0.25, 0.3) is 11.7 Å². The summed E-state index contributed by atoms with van der Waals surface area (Å²) in [5.41, 5.74) is 5.58. The molecule has 2 heterocycles. The molecule has 1 atom stereocenters. The molecule has 6 aliphatic rings. The van der Waals surface area contributed by atoms with Crippen LogP contribution >= 0.6 is 15.9 Å². The first-order chi connectivity index (χ1) is 17.9. The van der Waals surface area contributed by atoms with E-state index in [2.05, 4.69) is 47.9 Å². The molecule has 7 heteroatoms. The lowest BCUT2D eigenvalue weighted by Crippen LogP contribution is -2.62. The molecule has 0 unspecified atom stereocenters. The third-order valence-corrected chi connectivity index (χ3v) is 11.4. The normalized spacial score (nSPS) is 32.3. The van der Waals surface area contributed by atoms with Gasteiger partial charge in [0.15, 0.2) is 17.3 Å². The topological polar surface area (TPSA) is 59.1 Å². The second kappa shape index (κ2) is 8.69. The summed E-state index contributed by atoms with van der Waals surface area (Å²) < 4.78 is 14.4. The number of hydrogen-bond donors (Lipinski definition) is 0. The molecule has 0 saturated heterocycles. The minimum absolute atomic E-state index is 0.0342. The molecule has 0 radical (unpaired) electrons. The van der Waals surface area contributed by atoms with Crippen molar-refractivity contribution in [2.45, 2.75) is 90.4 Å². The lowest BCUT2D eigenvalue weighted by Gasteiger charge is -2.59. The highest BCUT2D eigenvalue weighted by Crippen LogP contribution is 2.63. The number of carbonyl (C=O) groups excluding carboxylic acids is 2. The number of carbonyl (C=O) groups is 2. The molecule has 1 aromatic rings. The van der Waals surface area contributed by atoms with Gasteiger partial charge in [-0.2, -0.15) is 0 Å². The number of hydrogen-bond acceptors (Lipinski definition) is 5. The van der Waals surface area contributed by atoms with Gasteiger partial charge in [0.2, 0.25) is 0 Å². The Bertz CT molecular complexity index is 1300. The summed E-state index contributed by atoms with van der Waals surface area (Å²) >= 11 is 3.82. The number of nitrogens with zero attached hydrogens (tertiary/aromatic N) is 2. The molecule has 4 aliphatic carbocycles. The van der Waals surface area contributed by atoms with Crippen LogP contribution < -0.4 is 9.47 Å². The first-order valence-corrected chi connectivity index (χ1v) is 14.8. The molecule has 0 aromatic heterocycles. The van der Waals surface area contributed by atoms with Crippen LogP contribution in [0.3, 0.4) is 0 Å². The Kier molecular flexibility index (Phi) is 5.97. The second-order valence-corrected chi connectivity index (χ2v) is 13.5. The number of rotatable bonds is 4. The standard InChI is InChI=1S/C31H39BrN2O4/c1-18-15-19(2)22(23(35)16-18)17-34-14-7-21-24(28(34)36)20(3)26-27(25(21)32)38-29(4,37-26)30-8-11-31(12-9-30,13-10-30)33(5)6/h15H,7-14,16-17H2,1-6H3/t29-,30?,31?/m1/s1. The average Bonchev–Trinajstić information content (AvgIpc) is 3.26. The van der Waals surface area contributed by atoms with Crippen LogP contribution in [0.5, 0.6) is 11.5 Å². The lowest BCUT2D eigenvalue weighted by molar-refractivity contribution is -0.212. The molecule has 204 valence electrons. The molecular weight excluding hydrogens is 544 g/mol. The van der Waals surface area contributed by atoms with Gasteiger partial charge in [-0.15, -0.1) is 0 Å². The fourth-order valence-electron chi connectivity index (χ4n) is 7.89. The summed E-state index contributed by atoms with van der Waals surface area (Å²) in [4.78, 5) is 30.9. The quantitative estimate of drug-likeness (QED) is 0.427. The third kappa shape index (κ3) is 3.60. The van der Waals surface area contributed by atoms with Crippen LogP contribution in [-0.2, 0) is 11.2 Å². The van der Waals surface area contributed by atoms with E-state index < -0.39 is 5.79 Å². The van der Waals surface area contributed by atoms with Gasteiger partial charge in [-0.05, 0) is 107 Å². The van der Waals surface area contributed by atoms with Crippen molar-refractivity contribution in [3.8, 4) is 11.5 Å². The summed E-state index contributed by atoms with van der Waals surface area (Å²) in [5, 5.41) is 0. The number of benzene rings is 1. The van der Waals surface area contributed by atoms with Gasteiger partial charge in [0.1, 0.15) is 0 Å². The maximum Gasteiger partial charge on any atom is 0.254 e. The van der Waals surface area contributed by atoms with Crippen molar-refractivity contribution in [3.05, 3.63) is 44.0 Å². The highest BCUT2D eigenvalue weighted by molar-refractivity contribution is 9.10. The first-order valence-electron chi connectivity index (χ1n) is 14.0. The smallest absolute Gasteiger partial charge is 0.254 e. The van der Waals surface area contributed by atoms with Gasteiger partial charge < -0.3 is 19.3 Å². The van der Waals surface area contributed by atoms with E-state index in [1.54, 1.807) is 0 Å². The minimum atomic E-state index is -0.755. The summed E-state index contributed by atoms with van der Waals surface area (Å²) in [6, 6.07) is 0. The number of amides is 1. The van der Waals surface area contributed by atoms with Crippen molar-refractivity contribution in [3.63, 3.8) is 0 Å². The first kappa shape index (κ1) is 26.1. The van der Waals surface area contributed by atoms with Crippen molar-refractivity contribution in [2.75, 3.05) is 27.2 Å². The zero-order chi connectivity index (χ0) is 27.2. The van der Waals surface area contributed by atoms with E-state index in [0.717, 1.165) is 76.6 Å². The van der Waals surface area contributed by atoms with Crippen LogP contribution in [0.2, 0.25) is 0 Å². The molecule has 0 N–H and O–H groups in total. The van der Waals surface area contributed by atoms with E-state index in [9.17, 15) is 9.59 Å². The van der Waals surface area contributed by atoms with Gasteiger partial charge in [-0.3, -0.25) is 9.59 Å². The Morgan fingerprint density at radius 3 is 2.24 bits per heavy atom. The van der Waals surface area contributed by atoms with Crippen molar-refractivity contribution in [1.29, 1.82) is 0 Å². The fraction of sp³-hybridized carbons (Fsp3) is 0.613. The Morgan fingerprint density at radius 1 is 1.00 bits per heavy atom. The van der Waals surface area contributed by atoms with Gasteiger partial charge in [0, 0.05) is 48.5 Å². The molecule has 7 rings (SSSR count). The van der Waals surface area contributed by atoms with Gasteiger partial charge in [0.05, 0.1) is 10.0 Å². The second-order valence-electron chi connectivity index (χ2n) is 12.7. The number of ketones is 1. The number of ether oxygens (including phenoxy) is 2. The largest absolute Gasteiger partial charge is 0.448 e. The van der Waals surface area contributed by atoms with E-state index in [1.165, 1.54) is 0 Å². The number of Topliss-reactive ketones (excluding diaryl/α,β-unsaturated/α-hetero) is 1. The third-order valence-electron chi connectivity index (χ3n) is 10.6. The van der Waals surface area contributed by atoms with E-state index in [-0.39, 0.29) is 17.1 Å². The van der Waals surface area contributed by atoms with E-state index in [0.29, 0.717) is 42.8 Å². The molecule has 1 amide bonds. The van der Waals surface area contributed by atoms with Gasteiger partial charge in [-0.25, -0.2) is 0 Å². The predicted octanol–water partition coefficient (Wildman–Crippen LogP) is 6.13. The van der Waals surface area contributed by atoms with Gasteiger partial charge >= 0.3 is 0 Å². The van der Waals surface area contributed by atoms with Crippen molar-refractivity contribution < 1.29 is 19.1 Å². The van der Waals surface area contributed by atoms with E-state index in [4.69, 9.17) is 9.47 Å². The fourth-order valence-corrected chi connectivity index (χ4v) is 8.55. The molecule has 0 spiro atoms. The molecule has 38 heavy (non-hydrogen) atoms. The molecular formula is C31H39BrN2O4. The Labute approximate surface area is 234 Å². The Balaban J connectivity index is 1.31. The maximum atomic E-state index is 13.9. The lowest BCUT2D eigenvalue weighted by atomic mass is 9.54. The number of halogens is 1. The number of allylic oxidation sites excluding steroid dienone is 3. The maximum absolute atomic E-state index is 13.9. The number of fused-ring (bicyclic) bond motifs is 5. The van der Waals surface area contributed by atoms with E-state index >= 15 is 0 Å². The van der Waals surface area contributed by atoms with Crippen molar-refractivity contribution >= 4 is 27.6 Å². The van der Waals surface area contributed by atoms with Crippen LogP contribution in [0.25, 0.3) is 0 Å². The van der Waals surface area contributed by atoms with Crippen LogP contribution in [-0.4, -0.2) is 60.0 Å². The zero-order valence-electron chi connectivity index (χ0n) is 23.6. The highest BCUT2D eigenvalue weighted by Gasteiger charge is 2.62. The summed E-state index contributed by atoms with van der Waals surface area (Å²) in [6.07, 6.45) is 9.92. The van der Waals surface area contributed by atoms with Crippen LogP contribution in [0, 0.1) is 12.3 Å². The summed E-state index contributed by atoms with van der Waals surface area (Å²) in [5.74, 6) is 0.775. The minimum Gasteiger partial charge on any atom is -0.448 e. The molecule has 3 saturated carbocycles. The SMILES string of the molecule is CC1=CC(C)=C(CN2CCc3c(Br)c4c(c(C)c3C2=O)O[C@@](C)(C23CCC(N(C)C)(CC2)CC3)O4)C(=O)C1. The molecule has 1 aromatic carbocycles. The van der Waals surface area contributed by atoms with E-state index in [1.807, 2.05) is 25.7 Å². The molecule has 3 fully saturated rings. The Hall–Kier alpha value is -2.12. The van der Waals surface area contributed by atoms with Crippen molar-refractivity contribution in [1.82, 2.24) is 9.80 Å². The zero-order valence-corrected chi connectivity index (χ0v) is 25.1. The molecule has 2 bridgehead atoms. The average molecular weight is 584 g/mol. The van der Waals surface area contributed by atoms with Crippen LogP contribution in [0.1, 0.15) is 87.2 Å². The molecule has 6 nitrogen and oxygen atoms in total. The van der Waals surface area contributed by atoms with Crippen LogP contribution in [0.15, 0.2) is 27.3 Å². The predicted molar refractivity (Wildman–Crippen MR) is 151 cm³/mol. The highest BCUT2D eigenvalue weighted by atomic mass is 79.9. The molecule has 2 aliphatic heterocycles. The van der Waals surface area contributed by atoms with Gasteiger partial charge in [-0.1, -0.05) is 11.6 Å². The summed E-state index contributed by atoms with van der Waals surface area (Å²) in [7, 11) is 4.42. The van der Waals surface area contributed by atoms with Crippen molar-refractivity contribution in [2.24, 2.45) is 5.41 Å². The van der Waals surface area contributed by atoms with Crippen LogP contribution in [0.4, 0.5) is 0 Å².